The molecule has 1 aromatic heterocycles. The summed E-state index contributed by atoms with van der Waals surface area (Å²) in [7, 11) is 0. The van der Waals surface area contributed by atoms with Crippen LogP contribution < -0.4 is 0 Å². The molecule has 0 aliphatic carbocycles. The van der Waals surface area contributed by atoms with Gasteiger partial charge in [-0.2, -0.15) is 0 Å². The van der Waals surface area contributed by atoms with Crippen molar-refractivity contribution in [3.05, 3.63) is 40.9 Å². The molecule has 104 valence electrons. The van der Waals surface area contributed by atoms with Gasteiger partial charge in [-0.3, -0.25) is 4.79 Å². The Morgan fingerprint density at radius 1 is 1.25 bits per heavy atom. The van der Waals surface area contributed by atoms with Crippen LogP contribution in [0.3, 0.4) is 0 Å². The summed E-state index contributed by atoms with van der Waals surface area (Å²) in [5.74, 6) is -0.673. The van der Waals surface area contributed by atoms with E-state index in [1.54, 1.807) is 13.8 Å². The Labute approximate surface area is 121 Å². The van der Waals surface area contributed by atoms with Gasteiger partial charge in [0.05, 0.1) is 5.69 Å². The summed E-state index contributed by atoms with van der Waals surface area (Å²) < 4.78 is 5.11. The molecule has 0 radical (unpaired) electrons. The summed E-state index contributed by atoms with van der Waals surface area (Å²) in [4.78, 5) is 28.0. The van der Waals surface area contributed by atoms with E-state index in [9.17, 15) is 9.59 Å². The monoisotopic (exact) mass is 289 g/mol. The van der Waals surface area contributed by atoms with Crippen LogP contribution in [0.15, 0.2) is 30.3 Å². The second-order valence-corrected chi connectivity index (χ2v) is 5.46. The molecule has 1 unspecified atom stereocenters. The van der Waals surface area contributed by atoms with Crippen molar-refractivity contribution in [3.63, 3.8) is 0 Å². The fourth-order valence-corrected chi connectivity index (χ4v) is 2.54. The molecule has 1 atom stereocenters. The summed E-state index contributed by atoms with van der Waals surface area (Å²) in [6.45, 7) is 4.72. The number of hydrogen-bond donors (Lipinski definition) is 0. The third kappa shape index (κ3) is 3.11. The first-order valence-electron chi connectivity index (χ1n) is 6.23. The second-order valence-electron chi connectivity index (χ2n) is 4.46. The number of aryl methyl sites for hydroxylation is 1. The third-order valence-corrected chi connectivity index (χ3v) is 4.05. The molecule has 0 saturated heterocycles. The fraction of sp³-hybridized carbons (Fsp3) is 0.267. The highest BCUT2D eigenvalue weighted by Gasteiger charge is 2.21. The van der Waals surface area contributed by atoms with Gasteiger partial charge < -0.3 is 4.74 Å². The minimum atomic E-state index is -0.732. The smallest absolute Gasteiger partial charge is 0.350 e. The van der Waals surface area contributed by atoms with Gasteiger partial charge >= 0.3 is 5.97 Å². The van der Waals surface area contributed by atoms with Crippen LogP contribution in [0.1, 0.15) is 29.2 Å². The number of Topliss-reactive ketones (excluding diaryl/α,β-unsaturated/α-hetero) is 1. The highest BCUT2D eigenvalue weighted by Crippen LogP contribution is 2.28. The number of benzene rings is 1. The lowest BCUT2D eigenvalue weighted by atomic mass is 10.2. The summed E-state index contributed by atoms with van der Waals surface area (Å²) in [5.41, 5.74) is 1.58. The molecular formula is C15H15NO3S. The number of thiazole rings is 1. The number of carbonyl (C=O) groups is 2. The van der Waals surface area contributed by atoms with Crippen molar-refractivity contribution in [3.8, 4) is 10.6 Å². The van der Waals surface area contributed by atoms with Gasteiger partial charge in [0.25, 0.3) is 0 Å². The van der Waals surface area contributed by atoms with Gasteiger partial charge in [-0.1, -0.05) is 30.3 Å². The van der Waals surface area contributed by atoms with Crippen LogP contribution in [0, 0.1) is 6.92 Å². The summed E-state index contributed by atoms with van der Waals surface area (Å²) in [6, 6.07) is 9.63. The molecule has 0 fully saturated rings. The Balaban J connectivity index is 2.24. The van der Waals surface area contributed by atoms with Crippen molar-refractivity contribution in [1.29, 1.82) is 0 Å². The van der Waals surface area contributed by atoms with E-state index in [0.717, 1.165) is 10.6 Å². The first kappa shape index (κ1) is 14.4. The standard InChI is InChI=1S/C15H15NO3S/c1-9-13(15(18)19-11(3)10(2)17)20-14(16-9)12-7-5-4-6-8-12/h4-8,11H,1-3H3. The molecule has 5 heteroatoms. The maximum Gasteiger partial charge on any atom is 0.350 e. The van der Waals surface area contributed by atoms with E-state index in [2.05, 4.69) is 4.98 Å². The Hall–Kier alpha value is -2.01. The van der Waals surface area contributed by atoms with E-state index in [1.165, 1.54) is 18.3 Å². The van der Waals surface area contributed by atoms with Crippen molar-refractivity contribution in [2.45, 2.75) is 26.9 Å². The Morgan fingerprint density at radius 2 is 1.90 bits per heavy atom. The van der Waals surface area contributed by atoms with Crippen molar-refractivity contribution in [2.75, 3.05) is 0 Å². The molecule has 4 nitrogen and oxygen atoms in total. The van der Waals surface area contributed by atoms with Crippen LogP contribution in [0.2, 0.25) is 0 Å². The largest absolute Gasteiger partial charge is 0.450 e. The number of esters is 1. The van der Waals surface area contributed by atoms with Crippen molar-refractivity contribution >= 4 is 23.1 Å². The molecule has 2 aromatic rings. The molecule has 0 amide bonds. The predicted octanol–water partition coefficient (Wildman–Crippen LogP) is 3.25. The number of aromatic nitrogens is 1. The van der Waals surface area contributed by atoms with Crippen molar-refractivity contribution < 1.29 is 14.3 Å². The topological polar surface area (TPSA) is 56.3 Å². The first-order chi connectivity index (χ1) is 9.49. The molecule has 0 bridgehead atoms. The predicted molar refractivity (Wildman–Crippen MR) is 77.8 cm³/mol. The number of hydrogen-bond acceptors (Lipinski definition) is 5. The zero-order chi connectivity index (χ0) is 14.7. The quantitative estimate of drug-likeness (QED) is 0.811. The van der Waals surface area contributed by atoms with Crippen LogP contribution in [-0.2, 0) is 9.53 Å². The van der Waals surface area contributed by atoms with Crippen molar-refractivity contribution in [1.82, 2.24) is 4.98 Å². The molecule has 0 saturated carbocycles. The van der Waals surface area contributed by atoms with Gasteiger partial charge in [0.1, 0.15) is 9.88 Å². The fourth-order valence-electron chi connectivity index (χ4n) is 1.59. The van der Waals surface area contributed by atoms with E-state index in [-0.39, 0.29) is 5.78 Å². The number of ether oxygens (including phenoxy) is 1. The third-order valence-electron chi connectivity index (χ3n) is 2.86. The van der Waals surface area contributed by atoms with Crippen LogP contribution >= 0.6 is 11.3 Å². The zero-order valence-electron chi connectivity index (χ0n) is 11.5. The maximum atomic E-state index is 12.0. The van der Waals surface area contributed by atoms with E-state index < -0.39 is 12.1 Å². The van der Waals surface area contributed by atoms with Gasteiger partial charge in [0, 0.05) is 5.56 Å². The average Bonchev–Trinajstić information content (AvgIpc) is 2.81. The lowest BCUT2D eigenvalue weighted by molar-refractivity contribution is -0.124. The number of ketones is 1. The van der Waals surface area contributed by atoms with Gasteiger partial charge in [-0.15, -0.1) is 11.3 Å². The van der Waals surface area contributed by atoms with E-state index >= 15 is 0 Å². The lowest BCUT2D eigenvalue weighted by Crippen LogP contribution is -2.21. The molecule has 0 spiro atoms. The molecule has 1 heterocycles. The highest BCUT2D eigenvalue weighted by atomic mass is 32.1. The van der Waals surface area contributed by atoms with Crippen LogP contribution in [0.25, 0.3) is 10.6 Å². The Kier molecular flexibility index (Phi) is 4.29. The second kappa shape index (κ2) is 5.96. The molecule has 0 aliphatic rings. The molecule has 2 rings (SSSR count). The Bertz CT molecular complexity index is 634. The molecule has 0 N–H and O–H groups in total. The maximum absolute atomic E-state index is 12.0. The van der Waals surface area contributed by atoms with Gasteiger partial charge in [0.15, 0.2) is 11.9 Å². The minimum absolute atomic E-state index is 0.177. The summed E-state index contributed by atoms with van der Waals surface area (Å²) >= 11 is 1.28. The zero-order valence-corrected chi connectivity index (χ0v) is 12.4. The van der Waals surface area contributed by atoms with Gasteiger partial charge in [-0.05, 0) is 20.8 Å². The normalized spacial score (nSPS) is 11.9. The molecule has 1 aromatic carbocycles. The average molecular weight is 289 g/mol. The molecular weight excluding hydrogens is 274 g/mol. The SMILES string of the molecule is CC(=O)C(C)OC(=O)c1sc(-c2ccccc2)nc1C. The van der Waals surface area contributed by atoms with E-state index in [0.29, 0.717) is 10.6 Å². The van der Waals surface area contributed by atoms with Gasteiger partial charge in [-0.25, -0.2) is 9.78 Å². The van der Waals surface area contributed by atoms with Crippen LogP contribution in [-0.4, -0.2) is 22.8 Å². The Morgan fingerprint density at radius 3 is 2.50 bits per heavy atom. The highest BCUT2D eigenvalue weighted by molar-refractivity contribution is 7.17. The van der Waals surface area contributed by atoms with E-state index in [4.69, 9.17) is 4.74 Å². The molecule has 0 aliphatic heterocycles. The number of nitrogens with zero attached hydrogens (tertiary/aromatic N) is 1. The molecule has 20 heavy (non-hydrogen) atoms. The minimum Gasteiger partial charge on any atom is -0.450 e. The number of rotatable bonds is 4. The van der Waals surface area contributed by atoms with Crippen molar-refractivity contribution in [2.24, 2.45) is 0 Å². The number of carbonyl (C=O) groups excluding carboxylic acids is 2. The first-order valence-corrected chi connectivity index (χ1v) is 7.05. The summed E-state index contributed by atoms with van der Waals surface area (Å²) in [6.07, 6.45) is -0.732. The lowest BCUT2D eigenvalue weighted by Gasteiger charge is -2.08. The summed E-state index contributed by atoms with van der Waals surface area (Å²) in [5, 5.41) is 0.769. The van der Waals surface area contributed by atoms with Gasteiger partial charge in [0.2, 0.25) is 0 Å². The van der Waals surface area contributed by atoms with E-state index in [1.807, 2.05) is 30.3 Å². The van der Waals surface area contributed by atoms with Crippen LogP contribution in [0.4, 0.5) is 0 Å². The van der Waals surface area contributed by atoms with Crippen LogP contribution in [0.5, 0.6) is 0 Å².